The van der Waals surface area contributed by atoms with Crippen molar-refractivity contribution in [2.75, 3.05) is 27.2 Å². The average Bonchev–Trinajstić information content (AvgIpc) is 2.81. The van der Waals surface area contributed by atoms with Crippen molar-refractivity contribution < 1.29 is 13.9 Å². The van der Waals surface area contributed by atoms with Crippen molar-refractivity contribution in [3.8, 4) is 5.75 Å². The molecule has 1 atom stereocenters. The zero-order valence-corrected chi connectivity index (χ0v) is 14.7. The molecular weight excluding hydrogens is 295 g/mol. The van der Waals surface area contributed by atoms with E-state index in [1.165, 1.54) is 13.2 Å². The third-order valence-electron chi connectivity index (χ3n) is 4.29. The average molecular weight is 322 g/mol. The Morgan fingerprint density at radius 1 is 1.39 bits per heavy atom. The fourth-order valence-corrected chi connectivity index (χ4v) is 3.13. The summed E-state index contributed by atoms with van der Waals surface area (Å²) in [5.74, 6) is 0.783. The molecule has 0 spiro atoms. The van der Waals surface area contributed by atoms with Crippen LogP contribution in [0.15, 0.2) is 18.2 Å². The number of hydrogen-bond donors (Lipinski definition) is 0. The minimum absolute atomic E-state index is 0.132. The Morgan fingerprint density at radius 3 is 2.61 bits per heavy atom. The Labute approximate surface area is 138 Å². The number of hydrogen-bond acceptors (Lipinski definition) is 3. The van der Waals surface area contributed by atoms with E-state index >= 15 is 0 Å². The SMILES string of the molecule is COc1ccc(CN(C)CC2CC(=O)N(C(C)(C)C)C2)c(F)c1. The number of nitrogens with zero attached hydrogens (tertiary/aromatic N) is 2. The minimum atomic E-state index is -0.255. The molecule has 1 heterocycles. The number of rotatable bonds is 5. The molecule has 1 aromatic carbocycles. The molecule has 0 bridgehead atoms. The molecule has 0 radical (unpaired) electrons. The molecule has 1 aromatic rings. The first-order valence-electron chi connectivity index (χ1n) is 8.02. The number of likely N-dealkylation sites (tertiary alicyclic amines) is 1. The summed E-state index contributed by atoms with van der Waals surface area (Å²) in [5.41, 5.74) is 0.511. The Morgan fingerprint density at radius 2 is 2.09 bits per heavy atom. The fourth-order valence-electron chi connectivity index (χ4n) is 3.13. The Balaban J connectivity index is 1.93. The minimum Gasteiger partial charge on any atom is -0.497 e. The first-order chi connectivity index (χ1) is 10.7. The van der Waals surface area contributed by atoms with Gasteiger partial charge in [0.15, 0.2) is 0 Å². The molecule has 1 fully saturated rings. The lowest BCUT2D eigenvalue weighted by molar-refractivity contribution is -0.131. The van der Waals surface area contributed by atoms with Gasteiger partial charge in [0.2, 0.25) is 5.91 Å². The molecule has 0 aliphatic carbocycles. The summed E-state index contributed by atoms with van der Waals surface area (Å²) in [6, 6.07) is 4.93. The lowest BCUT2D eigenvalue weighted by Gasteiger charge is -2.32. The zero-order chi connectivity index (χ0) is 17.2. The first-order valence-corrected chi connectivity index (χ1v) is 8.02. The second-order valence-electron chi connectivity index (χ2n) is 7.40. The summed E-state index contributed by atoms with van der Waals surface area (Å²) in [6.07, 6.45) is 0.576. The standard InChI is InChI=1S/C18H27FN2O2/c1-18(2,3)21-11-13(8-17(21)22)10-20(4)12-14-6-7-15(23-5)9-16(14)19/h6-7,9,13H,8,10-12H2,1-5H3. The van der Waals surface area contributed by atoms with Gasteiger partial charge in [0.25, 0.3) is 0 Å². The summed E-state index contributed by atoms with van der Waals surface area (Å²) in [7, 11) is 3.49. The van der Waals surface area contributed by atoms with Gasteiger partial charge in [0.05, 0.1) is 7.11 Å². The van der Waals surface area contributed by atoms with Gasteiger partial charge in [-0.2, -0.15) is 0 Å². The largest absolute Gasteiger partial charge is 0.497 e. The summed E-state index contributed by atoms with van der Waals surface area (Å²) < 4.78 is 19.0. The number of carbonyl (C=O) groups excluding carboxylic acids is 1. The van der Waals surface area contributed by atoms with E-state index in [0.717, 1.165) is 13.1 Å². The maximum absolute atomic E-state index is 14.0. The molecule has 1 aliphatic heterocycles. The molecule has 0 saturated carbocycles. The summed E-state index contributed by atoms with van der Waals surface area (Å²) >= 11 is 0. The smallest absolute Gasteiger partial charge is 0.223 e. The van der Waals surface area contributed by atoms with Gasteiger partial charge in [0.1, 0.15) is 11.6 Å². The second kappa shape index (κ2) is 6.87. The highest BCUT2D eigenvalue weighted by Crippen LogP contribution is 2.26. The van der Waals surface area contributed by atoms with Crippen LogP contribution >= 0.6 is 0 Å². The van der Waals surface area contributed by atoms with Crippen LogP contribution in [0.3, 0.4) is 0 Å². The van der Waals surface area contributed by atoms with E-state index < -0.39 is 0 Å². The molecule has 1 aliphatic rings. The number of benzene rings is 1. The maximum Gasteiger partial charge on any atom is 0.223 e. The van der Waals surface area contributed by atoms with Crippen LogP contribution in [0.5, 0.6) is 5.75 Å². The van der Waals surface area contributed by atoms with E-state index in [1.54, 1.807) is 12.1 Å². The molecule has 2 rings (SSSR count). The molecule has 1 saturated heterocycles. The van der Waals surface area contributed by atoms with Crippen molar-refractivity contribution in [2.45, 2.75) is 39.3 Å². The summed E-state index contributed by atoms with van der Waals surface area (Å²) in [6.45, 7) is 8.26. The van der Waals surface area contributed by atoms with Crippen LogP contribution in [-0.4, -0.2) is 48.5 Å². The molecule has 4 nitrogen and oxygen atoms in total. The number of methoxy groups -OCH3 is 1. The van der Waals surface area contributed by atoms with Crippen LogP contribution in [-0.2, 0) is 11.3 Å². The predicted molar refractivity (Wildman–Crippen MR) is 88.9 cm³/mol. The van der Waals surface area contributed by atoms with Crippen LogP contribution in [0.25, 0.3) is 0 Å². The van der Waals surface area contributed by atoms with Crippen molar-refractivity contribution >= 4 is 5.91 Å². The molecule has 5 heteroatoms. The number of amides is 1. The molecule has 1 unspecified atom stereocenters. The van der Waals surface area contributed by atoms with Gasteiger partial charge >= 0.3 is 0 Å². The van der Waals surface area contributed by atoms with Crippen LogP contribution in [0.2, 0.25) is 0 Å². The predicted octanol–water partition coefficient (Wildman–Crippen LogP) is 2.91. The van der Waals surface area contributed by atoms with Crippen LogP contribution in [0, 0.1) is 11.7 Å². The molecular formula is C18H27FN2O2. The highest BCUT2D eigenvalue weighted by atomic mass is 19.1. The highest BCUT2D eigenvalue weighted by Gasteiger charge is 2.36. The van der Waals surface area contributed by atoms with Crippen LogP contribution < -0.4 is 4.74 Å². The van der Waals surface area contributed by atoms with Crippen molar-refractivity contribution in [3.63, 3.8) is 0 Å². The van der Waals surface area contributed by atoms with Gasteiger partial charge in [-0.15, -0.1) is 0 Å². The highest BCUT2D eigenvalue weighted by molar-refractivity contribution is 5.79. The van der Waals surface area contributed by atoms with Gasteiger partial charge in [-0.05, 0) is 39.8 Å². The van der Waals surface area contributed by atoms with E-state index in [4.69, 9.17) is 4.74 Å². The monoisotopic (exact) mass is 322 g/mol. The Bertz CT molecular complexity index is 569. The summed E-state index contributed by atoms with van der Waals surface area (Å²) in [4.78, 5) is 16.2. The molecule has 0 N–H and O–H groups in total. The maximum atomic E-state index is 14.0. The second-order valence-corrected chi connectivity index (χ2v) is 7.40. The van der Waals surface area contributed by atoms with Crippen LogP contribution in [0.1, 0.15) is 32.8 Å². The zero-order valence-electron chi connectivity index (χ0n) is 14.7. The molecule has 0 aromatic heterocycles. The van der Waals surface area contributed by atoms with E-state index in [0.29, 0.717) is 30.2 Å². The van der Waals surface area contributed by atoms with E-state index in [-0.39, 0.29) is 17.3 Å². The lowest BCUT2D eigenvalue weighted by atomic mass is 10.1. The van der Waals surface area contributed by atoms with Crippen molar-refractivity contribution in [1.29, 1.82) is 0 Å². The van der Waals surface area contributed by atoms with E-state index in [1.807, 2.05) is 11.9 Å². The normalized spacial score (nSPS) is 18.8. The van der Waals surface area contributed by atoms with E-state index in [2.05, 4.69) is 25.7 Å². The fraction of sp³-hybridized carbons (Fsp3) is 0.611. The van der Waals surface area contributed by atoms with Gasteiger partial charge in [-0.3, -0.25) is 4.79 Å². The molecule has 1 amide bonds. The quantitative estimate of drug-likeness (QED) is 0.835. The van der Waals surface area contributed by atoms with Gasteiger partial charge < -0.3 is 14.5 Å². The third kappa shape index (κ3) is 4.44. The lowest BCUT2D eigenvalue weighted by Crippen LogP contribution is -2.42. The number of halogens is 1. The van der Waals surface area contributed by atoms with Crippen molar-refractivity contribution in [2.24, 2.45) is 5.92 Å². The Kier molecular flexibility index (Phi) is 5.30. The van der Waals surface area contributed by atoms with Crippen molar-refractivity contribution in [3.05, 3.63) is 29.6 Å². The topological polar surface area (TPSA) is 32.8 Å². The van der Waals surface area contributed by atoms with Gasteiger partial charge in [-0.25, -0.2) is 4.39 Å². The van der Waals surface area contributed by atoms with Crippen molar-refractivity contribution in [1.82, 2.24) is 9.80 Å². The molecule has 23 heavy (non-hydrogen) atoms. The third-order valence-corrected chi connectivity index (χ3v) is 4.29. The van der Waals surface area contributed by atoms with Crippen LogP contribution in [0.4, 0.5) is 4.39 Å². The number of ether oxygens (including phenoxy) is 1. The van der Waals surface area contributed by atoms with Gasteiger partial charge in [-0.1, -0.05) is 6.07 Å². The van der Waals surface area contributed by atoms with Gasteiger partial charge in [0, 0.05) is 43.2 Å². The summed E-state index contributed by atoms with van der Waals surface area (Å²) in [5, 5.41) is 0. The first kappa shape index (κ1) is 17.7. The van der Waals surface area contributed by atoms with E-state index in [9.17, 15) is 9.18 Å². The number of carbonyl (C=O) groups is 1. The Hall–Kier alpha value is -1.62. The molecule has 128 valence electrons.